The highest BCUT2D eigenvalue weighted by atomic mass is 16.5. The van der Waals surface area contributed by atoms with Crippen LogP contribution in [0.25, 0.3) is 0 Å². The van der Waals surface area contributed by atoms with E-state index in [1.165, 1.54) is 24.8 Å². The van der Waals surface area contributed by atoms with Gasteiger partial charge in [0.2, 0.25) is 0 Å². The third-order valence-electron chi connectivity index (χ3n) is 4.01. The molecule has 0 heterocycles. The summed E-state index contributed by atoms with van der Waals surface area (Å²) in [4.78, 5) is 0. The summed E-state index contributed by atoms with van der Waals surface area (Å²) in [6.07, 6.45) is 9.04. The van der Waals surface area contributed by atoms with Crippen LogP contribution in [0.3, 0.4) is 0 Å². The number of rotatable bonds is 9. The number of hydrogen-bond donors (Lipinski definition) is 0. The zero-order valence-electron chi connectivity index (χ0n) is 15.3. The van der Waals surface area contributed by atoms with Crippen LogP contribution in [-0.4, -0.2) is 6.61 Å². The standard InChI is InChI=1S/C24H28O/c1-3-5-6-7-8-9-21-10-12-22(13-11-21)14-15-23-16-18-24(19-17-23)25-20-4-2/h3,10-13,16-19H,1,4-9,20H2,2H3. The molecule has 0 unspecified atom stereocenters. The number of benzene rings is 2. The van der Waals surface area contributed by atoms with E-state index in [9.17, 15) is 0 Å². The summed E-state index contributed by atoms with van der Waals surface area (Å²) in [6.45, 7) is 6.62. The van der Waals surface area contributed by atoms with Gasteiger partial charge in [-0.25, -0.2) is 0 Å². The van der Waals surface area contributed by atoms with Gasteiger partial charge in [-0.3, -0.25) is 0 Å². The molecule has 0 atom stereocenters. The first-order valence-corrected chi connectivity index (χ1v) is 9.26. The number of allylic oxidation sites excluding steroid dienone is 1. The van der Waals surface area contributed by atoms with Crippen LogP contribution in [0.2, 0.25) is 0 Å². The van der Waals surface area contributed by atoms with Gasteiger partial charge >= 0.3 is 0 Å². The van der Waals surface area contributed by atoms with Crippen LogP contribution >= 0.6 is 0 Å². The normalized spacial score (nSPS) is 9.96. The van der Waals surface area contributed by atoms with Crippen molar-refractivity contribution >= 4 is 0 Å². The summed E-state index contributed by atoms with van der Waals surface area (Å²) >= 11 is 0. The lowest BCUT2D eigenvalue weighted by Gasteiger charge is -2.03. The Hall–Kier alpha value is -2.46. The van der Waals surface area contributed by atoms with Crippen LogP contribution in [0.5, 0.6) is 5.75 Å². The van der Waals surface area contributed by atoms with Gasteiger partial charge in [-0.05, 0) is 74.1 Å². The first-order valence-electron chi connectivity index (χ1n) is 9.26. The predicted molar refractivity (Wildman–Crippen MR) is 107 cm³/mol. The van der Waals surface area contributed by atoms with Gasteiger partial charge in [0.25, 0.3) is 0 Å². The molecule has 25 heavy (non-hydrogen) atoms. The van der Waals surface area contributed by atoms with Crippen LogP contribution in [0, 0.1) is 11.8 Å². The fourth-order valence-electron chi connectivity index (χ4n) is 2.55. The zero-order chi connectivity index (χ0) is 17.7. The SMILES string of the molecule is C=CCCCCCc1ccc(C#Cc2ccc(OCCC)cc2)cc1. The summed E-state index contributed by atoms with van der Waals surface area (Å²) < 4.78 is 5.59. The smallest absolute Gasteiger partial charge is 0.119 e. The first-order chi connectivity index (χ1) is 12.3. The Morgan fingerprint density at radius 3 is 2.12 bits per heavy atom. The lowest BCUT2D eigenvalue weighted by atomic mass is 10.0. The van der Waals surface area contributed by atoms with Gasteiger partial charge in [-0.1, -0.05) is 43.4 Å². The average molecular weight is 332 g/mol. The third kappa shape index (κ3) is 7.31. The van der Waals surface area contributed by atoms with Gasteiger partial charge in [-0.2, -0.15) is 0 Å². The molecule has 0 aromatic heterocycles. The number of ether oxygens (including phenoxy) is 1. The van der Waals surface area contributed by atoms with Gasteiger partial charge < -0.3 is 4.74 Å². The van der Waals surface area contributed by atoms with Crippen LogP contribution in [0.1, 0.15) is 55.7 Å². The molecule has 0 aliphatic heterocycles. The van der Waals surface area contributed by atoms with Gasteiger partial charge in [0, 0.05) is 11.1 Å². The molecule has 0 spiro atoms. The largest absolute Gasteiger partial charge is 0.494 e. The fraction of sp³-hybridized carbons (Fsp3) is 0.333. The van der Waals surface area contributed by atoms with Crippen LogP contribution in [0.4, 0.5) is 0 Å². The predicted octanol–water partition coefficient (Wildman–Crippen LogP) is 6.16. The minimum Gasteiger partial charge on any atom is -0.494 e. The summed E-state index contributed by atoms with van der Waals surface area (Å²) in [5.41, 5.74) is 3.46. The van der Waals surface area contributed by atoms with E-state index in [0.29, 0.717) is 0 Å². The van der Waals surface area contributed by atoms with Crippen LogP contribution < -0.4 is 4.74 Å². The molecule has 0 saturated heterocycles. The monoisotopic (exact) mass is 332 g/mol. The van der Waals surface area contributed by atoms with Gasteiger partial charge in [-0.15, -0.1) is 6.58 Å². The molecule has 0 aliphatic rings. The zero-order valence-corrected chi connectivity index (χ0v) is 15.3. The van der Waals surface area contributed by atoms with Gasteiger partial charge in [0.05, 0.1) is 6.61 Å². The molecule has 0 aliphatic carbocycles. The van der Waals surface area contributed by atoms with E-state index < -0.39 is 0 Å². The van der Waals surface area contributed by atoms with E-state index >= 15 is 0 Å². The molecule has 0 amide bonds. The lowest BCUT2D eigenvalue weighted by molar-refractivity contribution is 0.317. The quantitative estimate of drug-likeness (QED) is 0.303. The van der Waals surface area contributed by atoms with E-state index in [2.05, 4.69) is 49.6 Å². The summed E-state index contributed by atoms with van der Waals surface area (Å²) in [5, 5.41) is 0. The Morgan fingerprint density at radius 1 is 0.880 bits per heavy atom. The molecule has 0 saturated carbocycles. The van der Waals surface area contributed by atoms with Crippen molar-refractivity contribution in [2.45, 2.75) is 45.4 Å². The lowest BCUT2D eigenvalue weighted by Crippen LogP contribution is -1.94. The fourth-order valence-corrected chi connectivity index (χ4v) is 2.55. The number of aryl methyl sites for hydroxylation is 1. The third-order valence-corrected chi connectivity index (χ3v) is 4.01. The molecule has 0 bridgehead atoms. The molecule has 1 heteroatoms. The molecule has 1 nitrogen and oxygen atoms in total. The highest BCUT2D eigenvalue weighted by molar-refractivity contribution is 5.44. The molecule has 2 rings (SSSR count). The molecule has 130 valence electrons. The highest BCUT2D eigenvalue weighted by Gasteiger charge is 1.95. The van der Waals surface area contributed by atoms with Gasteiger partial charge in [0.1, 0.15) is 5.75 Å². The van der Waals surface area contributed by atoms with Crippen molar-refractivity contribution in [1.82, 2.24) is 0 Å². The Labute approximate surface area is 152 Å². The van der Waals surface area contributed by atoms with E-state index in [1.807, 2.05) is 30.3 Å². The van der Waals surface area contributed by atoms with Crippen molar-refractivity contribution in [1.29, 1.82) is 0 Å². The summed E-state index contributed by atoms with van der Waals surface area (Å²) in [5.74, 6) is 7.36. The average Bonchev–Trinajstić information content (AvgIpc) is 2.66. The summed E-state index contributed by atoms with van der Waals surface area (Å²) in [6, 6.07) is 16.6. The second-order valence-corrected chi connectivity index (χ2v) is 6.21. The van der Waals surface area contributed by atoms with Crippen molar-refractivity contribution in [3.63, 3.8) is 0 Å². The van der Waals surface area contributed by atoms with Crippen molar-refractivity contribution in [3.05, 3.63) is 77.9 Å². The summed E-state index contributed by atoms with van der Waals surface area (Å²) in [7, 11) is 0. The van der Waals surface area contributed by atoms with E-state index in [0.717, 1.165) is 42.7 Å². The second kappa shape index (κ2) is 11.2. The van der Waals surface area contributed by atoms with Crippen LogP contribution in [-0.2, 0) is 6.42 Å². The topological polar surface area (TPSA) is 9.23 Å². The van der Waals surface area contributed by atoms with Crippen molar-refractivity contribution in [2.75, 3.05) is 6.61 Å². The molecule has 0 fully saturated rings. The number of unbranched alkanes of at least 4 members (excludes halogenated alkanes) is 3. The molecule has 2 aromatic carbocycles. The van der Waals surface area contributed by atoms with Crippen molar-refractivity contribution < 1.29 is 4.74 Å². The maximum absolute atomic E-state index is 5.59. The van der Waals surface area contributed by atoms with Crippen molar-refractivity contribution in [2.24, 2.45) is 0 Å². The molecule has 2 aromatic rings. The van der Waals surface area contributed by atoms with Crippen LogP contribution in [0.15, 0.2) is 61.2 Å². The Kier molecular flexibility index (Phi) is 8.42. The van der Waals surface area contributed by atoms with E-state index in [1.54, 1.807) is 0 Å². The molecular formula is C24H28O. The minimum atomic E-state index is 0.756. The second-order valence-electron chi connectivity index (χ2n) is 6.21. The number of hydrogen-bond acceptors (Lipinski definition) is 1. The Morgan fingerprint density at radius 2 is 1.52 bits per heavy atom. The first kappa shape index (κ1) is 18.9. The highest BCUT2D eigenvalue weighted by Crippen LogP contribution is 2.12. The van der Waals surface area contributed by atoms with E-state index in [4.69, 9.17) is 4.74 Å². The Balaban J connectivity index is 1.84. The maximum atomic E-state index is 5.59. The van der Waals surface area contributed by atoms with Crippen molar-refractivity contribution in [3.8, 4) is 17.6 Å². The molecule has 0 N–H and O–H groups in total. The Bertz CT molecular complexity index is 684. The molecular weight excluding hydrogens is 304 g/mol. The maximum Gasteiger partial charge on any atom is 0.119 e. The van der Waals surface area contributed by atoms with Gasteiger partial charge in [0.15, 0.2) is 0 Å². The van der Waals surface area contributed by atoms with E-state index in [-0.39, 0.29) is 0 Å². The molecule has 0 radical (unpaired) electrons. The minimum absolute atomic E-state index is 0.756.